The van der Waals surface area contributed by atoms with Crippen LogP contribution in [0.15, 0.2) is 30.4 Å². The summed E-state index contributed by atoms with van der Waals surface area (Å²) in [6.45, 7) is 3.96. The van der Waals surface area contributed by atoms with E-state index in [4.69, 9.17) is 0 Å². The number of carbonyl (C=O) groups excluding carboxylic acids is 2. The number of fused-ring (bicyclic) bond motifs is 1. The molecule has 2 amide bonds. The maximum absolute atomic E-state index is 12.5. The Morgan fingerprint density at radius 2 is 1.58 bits per heavy atom. The molecule has 1 aromatic rings. The molecule has 1 heterocycles. The number of benzene rings is 1. The predicted octanol–water partition coefficient (Wildman–Crippen LogP) is 2.76. The monoisotopic (exact) mass is 255 g/mol. The number of hydrogen-bond donors (Lipinski definition) is 0. The summed E-state index contributed by atoms with van der Waals surface area (Å²) in [4.78, 5) is 26.4. The van der Waals surface area contributed by atoms with E-state index < -0.39 is 0 Å². The summed E-state index contributed by atoms with van der Waals surface area (Å²) >= 11 is 0. The molecule has 1 aliphatic heterocycles. The second-order valence-corrected chi connectivity index (χ2v) is 5.39. The Morgan fingerprint density at radius 1 is 1.00 bits per heavy atom. The molecule has 0 bridgehead atoms. The van der Waals surface area contributed by atoms with Crippen LogP contribution < -0.4 is 4.90 Å². The van der Waals surface area contributed by atoms with E-state index in [-0.39, 0.29) is 23.7 Å². The minimum absolute atomic E-state index is 0.0342. The van der Waals surface area contributed by atoms with Crippen LogP contribution in [-0.4, -0.2) is 11.8 Å². The van der Waals surface area contributed by atoms with E-state index >= 15 is 0 Å². The molecule has 0 spiro atoms. The third-order valence-corrected chi connectivity index (χ3v) is 4.32. The number of imide groups is 1. The van der Waals surface area contributed by atoms with Crippen LogP contribution in [0, 0.1) is 25.7 Å². The highest BCUT2D eigenvalue weighted by Gasteiger charge is 2.48. The van der Waals surface area contributed by atoms with Gasteiger partial charge in [-0.1, -0.05) is 24.3 Å². The first-order chi connectivity index (χ1) is 9.11. The van der Waals surface area contributed by atoms with Crippen molar-refractivity contribution in [3.8, 4) is 0 Å². The van der Waals surface area contributed by atoms with Crippen molar-refractivity contribution < 1.29 is 9.59 Å². The first-order valence-corrected chi connectivity index (χ1v) is 6.70. The van der Waals surface area contributed by atoms with E-state index in [0.717, 1.165) is 16.8 Å². The Hall–Kier alpha value is -1.90. The largest absolute Gasteiger partial charge is 0.274 e. The molecule has 2 aliphatic rings. The number of hydrogen-bond acceptors (Lipinski definition) is 2. The first-order valence-electron chi connectivity index (χ1n) is 6.70. The highest BCUT2D eigenvalue weighted by Crippen LogP contribution is 2.38. The fourth-order valence-electron chi connectivity index (χ4n) is 3.02. The van der Waals surface area contributed by atoms with E-state index in [1.54, 1.807) is 0 Å². The molecule has 0 N–H and O–H groups in total. The Morgan fingerprint density at radius 3 is 2.16 bits per heavy atom. The predicted molar refractivity (Wildman–Crippen MR) is 73.8 cm³/mol. The molecule has 3 rings (SSSR count). The maximum atomic E-state index is 12.5. The molecule has 98 valence electrons. The van der Waals surface area contributed by atoms with Crippen LogP contribution in [0.2, 0.25) is 0 Å². The summed E-state index contributed by atoms with van der Waals surface area (Å²) in [6, 6.07) is 5.76. The topological polar surface area (TPSA) is 37.4 Å². The number of aryl methyl sites for hydroxylation is 1. The van der Waals surface area contributed by atoms with Crippen LogP contribution in [0.3, 0.4) is 0 Å². The molecule has 0 saturated carbocycles. The van der Waals surface area contributed by atoms with Gasteiger partial charge in [-0.05, 0) is 43.9 Å². The van der Waals surface area contributed by atoms with Crippen molar-refractivity contribution in [1.82, 2.24) is 0 Å². The van der Waals surface area contributed by atoms with Crippen LogP contribution in [0.1, 0.15) is 24.0 Å². The summed E-state index contributed by atoms with van der Waals surface area (Å²) in [5.41, 5.74) is 2.87. The number of nitrogens with zero attached hydrogens (tertiary/aromatic N) is 1. The molecule has 1 fully saturated rings. The molecule has 3 nitrogen and oxygen atoms in total. The van der Waals surface area contributed by atoms with Crippen LogP contribution in [0.25, 0.3) is 0 Å². The molecule has 0 aromatic heterocycles. The van der Waals surface area contributed by atoms with Gasteiger partial charge in [0.25, 0.3) is 0 Å². The van der Waals surface area contributed by atoms with Gasteiger partial charge < -0.3 is 0 Å². The summed E-state index contributed by atoms with van der Waals surface area (Å²) < 4.78 is 0. The van der Waals surface area contributed by atoms with Gasteiger partial charge in [0.1, 0.15) is 0 Å². The van der Waals surface area contributed by atoms with Crippen molar-refractivity contribution in [2.24, 2.45) is 11.8 Å². The summed E-state index contributed by atoms with van der Waals surface area (Å²) in [6.07, 6.45) is 5.41. The summed E-state index contributed by atoms with van der Waals surface area (Å²) in [5.74, 6) is -0.379. The second-order valence-electron chi connectivity index (χ2n) is 5.39. The highest BCUT2D eigenvalue weighted by molar-refractivity contribution is 6.22. The fourth-order valence-corrected chi connectivity index (χ4v) is 3.02. The molecule has 3 heteroatoms. The zero-order valence-electron chi connectivity index (χ0n) is 11.2. The van der Waals surface area contributed by atoms with E-state index in [1.807, 2.05) is 44.2 Å². The van der Waals surface area contributed by atoms with Crippen LogP contribution in [-0.2, 0) is 9.59 Å². The standard InChI is InChI=1S/C16H17NO2/c1-10-6-5-9-14(11(10)2)17-15(18)12-7-3-4-8-13(12)16(17)19/h3-6,9,12-13H,7-8H2,1-2H3/t12-,13-/m0/s1. The van der Waals surface area contributed by atoms with Crippen LogP contribution in [0.5, 0.6) is 0 Å². The molecule has 1 aliphatic carbocycles. The van der Waals surface area contributed by atoms with Crippen molar-refractivity contribution in [1.29, 1.82) is 0 Å². The second kappa shape index (κ2) is 4.34. The lowest BCUT2D eigenvalue weighted by atomic mass is 9.85. The van der Waals surface area contributed by atoms with Gasteiger partial charge in [0.15, 0.2) is 0 Å². The molecular weight excluding hydrogens is 238 g/mol. The number of carbonyl (C=O) groups is 2. The zero-order valence-corrected chi connectivity index (χ0v) is 11.2. The minimum atomic E-state index is -0.155. The molecule has 2 atom stereocenters. The van der Waals surface area contributed by atoms with Gasteiger partial charge in [0.2, 0.25) is 11.8 Å². The van der Waals surface area contributed by atoms with Gasteiger partial charge in [-0.25, -0.2) is 4.90 Å². The number of amides is 2. The Balaban J connectivity index is 2.04. The Kier molecular flexibility index (Phi) is 2.77. The molecule has 1 aromatic carbocycles. The molecule has 1 saturated heterocycles. The molecule has 19 heavy (non-hydrogen) atoms. The molecular formula is C16H17NO2. The Labute approximate surface area is 112 Å². The van der Waals surface area contributed by atoms with Gasteiger partial charge in [-0.3, -0.25) is 9.59 Å². The van der Waals surface area contributed by atoms with Crippen molar-refractivity contribution >= 4 is 17.5 Å². The van der Waals surface area contributed by atoms with Gasteiger partial charge in [0, 0.05) is 0 Å². The normalized spacial score (nSPS) is 25.9. The fraction of sp³-hybridized carbons (Fsp3) is 0.375. The first kappa shape index (κ1) is 12.2. The third-order valence-electron chi connectivity index (χ3n) is 4.32. The lowest BCUT2D eigenvalue weighted by Gasteiger charge is -2.18. The average molecular weight is 255 g/mol. The lowest BCUT2D eigenvalue weighted by molar-refractivity contribution is -0.122. The van der Waals surface area contributed by atoms with E-state index in [2.05, 4.69) is 0 Å². The van der Waals surface area contributed by atoms with Gasteiger partial charge >= 0.3 is 0 Å². The molecule has 0 radical (unpaired) electrons. The van der Waals surface area contributed by atoms with Gasteiger partial charge in [-0.2, -0.15) is 0 Å². The lowest BCUT2D eigenvalue weighted by Crippen LogP contribution is -2.31. The van der Waals surface area contributed by atoms with Gasteiger partial charge in [0.05, 0.1) is 17.5 Å². The zero-order chi connectivity index (χ0) is 13.6. The smallest absolute Gasteiger partial charge is 0.238 e. The van der Waals surface area contributed by atoms with Gasteiger partial charge in [-0.15, -0.1) is 0 Å². The van der Waals surface area contributed by atoms with Crippen molar-refractivity contribution in [3.05, 3.63) is 41.5 Å². The van der Waals surface area contributed by atoms with Crippen LogP contribution in [0.4, 0.5) is 5.69 Å². The average Bonchev–Trinajstić information content (AvgIpc) is 2.67. The SMILES string of the molecule is Cc1cccc(N2C(=O)[C@H]3CC=CC[C@@H]3C2=O)c1C. The van der Waals surface area contributed by atoms with Crippen molar-refractivity contribution in [2.75, 3.05) is 4.90 Å². The number of rotatable bonds is 1. The Bertz CT molecular complexity index is 562. The summed E-state index contributed by atoms with van der Waals surface area (Å²) in [7, 11) is 0. The van der Waals surface area contributed by atoms with E-state index in [1.165, 1.54) is 4.90 Å². The quantitative estimate of drug-likeness (QED) is 0.571. The maximum Gasteiger partial charge on any atom is 0.238 e. The minimum Gasteiger partial charge on any atom is -0.274 e. The highest BCUT2D eigenvalue weighted by atomic mass is 16.2. The van der Waals surface area contributed by atoms with E-state index in [0.29, 0.717) is 12.8 Å². The third kappa shape index (κ3) is 1.72. The molecule has 0 unspecified atom stereocenters. The number of allylic oxidation sites excluding steroid dienone is 2. The number of anilines is 1. The van der Waals surface area contributed by atoms with Crippen LogP contribution >= 0.6 is 0 Å². The van der Waals surface area contributed by atoms with Crippen molar-refractivity contribution in [3.63, 3.8) is 0 Å². The van der Waals surface area contributed by atoms with Crippen molar-refractivity contribution in [2.45, 2.75) is 26.7 Å². The summed E-state index contributed by atoms with van der Waals surface area (Å²) in [5, 5.41) is 0. The van der Waals surface area contributed by atoms with E-state index in [9.17, 15) is 9.59 Å².